The molecule has 0 radical (unpaired) electrons. The lowest BCUT2D eigenvalue weighted by atomic mass is 10.2. The average molecular weight is 343 g/mol. The molecule has 1 aromatic rings. The van der Waals surface area contributed by atoms with Gasteiger partial charge in [0, 0.05) is 40.2 Å². The molecule has 104 valence electrons. The fraction of sp³-hybridized carbons (Fsp3) is 0.364. The lowest BCUT2D eigenvalue weighted by molar-refractivity contribution is -0.128. The zero-order valence-corrected chi connectivity index (χ0v) is 12.7. The summed E-state index contributed by atoms with van der Waals surface area (Å²) >= 11 is 11.8. The third-order valence-corrected chi connectivity index (χ3v) is 5.41. The van der Waals surface area contributed by atoms with Crippen molar-refractivity contribution in [2.24, 2.45) is 0 Å². The SMILES string of the molecule is O=C1CC(S(=O)(=O)Cl)CN1Cc1ccc(Cl)cc1Cl. The van der Waals surface area contributed by atoms with Gasteiger partial charge in [0.2, 0.25) is 15.0 Å². The maximum atomic E-state index is 11.7. The Morgan fingerprint density at radius 1 is 1.32 bits per heavy atom. The molecule has 1 aromatic carbocycles. The molecule has 0 saturated carbocycles. The van der Waals surface area contributed by atoms with E-state index >= 15 is 0 Å². The molecule has 0 bridgehead atoms. The molecule has 1 atom stereocenters. The molecule has 1 saturated heterocycles. The second-order valence-corrected chi connectivity index (χ2v) is 8.06. The van der Waals surface area contributed by atoms with Crippen LogP contribution < -0.4 is 0 Å². The molecule has 4 nitrogen and oxygen atoms in total. The fourth-order valence-electron chi connectivity index (χ4n) is 1.93. The first-order chi connectivity index (χ1) is 8.77. The van der Waals surface area contributed by atoms with E-state index in [0.717, 1.165) is 0 Å². The van der Waals surface area contributed by atoms with E-state index in [9.17, 15) is 13.2 Å². The number of amides is 1. The quantitative estimate of drug-likeness (QED) is 0.794. The summed E-state index contributed by atoms with van der Waals surface area (Å²) in [5, 5.41) is 0.0907. The number of nitrogens with zero attached hydrogens (tertiary/aromatic N) is 1. The van der Waals surface area contributed by atoms with Crippen molar-refractivity contribution in [2.75, 3.05) is 6.54 Å². The van der Waals surface area contributed by atoms with Crippen LogP contribution in [0.2, 0.25) is 10.0 Å². The van der Waals surface area contributed by atoms with Crippen molar-refractivity contribution in [2.45, 2.75) is 18.2 Å². The maximum Gasteiger partial charge on any atom is 0.237 e. The van der Waals surface area contributed by atoms with Crippen molar-refractivity contribution in [3.05, 3.63) is 33.8 Å². The van der Waals surface area contributed by atoms with Crippen LogP contribution in [0.5, 0.6) is 0 Å². The lowest BCUT2D eigenvalue weighted by Gasteiger charge is -2.17. The van der Waals surface area contributed by atoms with Crippen LogP contribution in [0, 0.1) is 0 Å². The molecular weight excluding hydrogens is 333 g/mol. The number of halogens is 3. The molecule has 0 aromatic heterocycles. The Morgan fingerprint density at radius 3 is 2.53 bits per heavy atom. The minimum absolute atomic E-state index is 0.0863. The van der Waals surface area contributed by atoms with Gasteiger partial charge in [0.1, 0.15) is 5.25 Å². The number of likely N-dealkylation sites (tertiary alicyclic amines) is 1. The van der Waals surface area contributed by atoms with Crippen molar-refractivity contribution in [1.29, 1.82) is 0 Å². The Morgan fingerprint density at radius 2 is 2.00 bits per heavy atom. The van der Waals surface area contributed by atoms with E-state index in [2.05, 4.69) is 0 Å². The van der Waals surface area contributed by atoms with Gasteiger partial charge in [-0.1, -0.05) is 29.3 Å². The predicted molar refractivity (Wildman–Crippen MR) is 75.1 cm³/mol. The molecule has 1 unspecified atom stereocenters. The van der Waals surface area contributed by atoms with Crippen molar-refractivity contribution < 1.29 is 13.2 Å². The highest BCUT2D eigenvalue weighted by Crippen LogP contribution is 2.26. The topological polar surface area (TPSA) is 54.5 Å². The number of carbonyl (C=O) groups is 1. The number of benzene rings is 1. The Labute approximate surface area is 125 Å². The van der Waals surface area contributed by atoms with E-state index in [-0.39, 0.29) is 25.4 Å². The highest BCUT2D eigenvalue weighted by atomic mass is 35.7. The minimum Gasteiger partial charge on any atom is -0.337 e. The molecule has 0 aliphatic carbocycles. The lowest BCUT2D eigenvalue weighted by Crippen LogP contribution is -2.26. The highest BCUT2D eigenvalue weighted by Gasteiger charge is 2.37. The molecule has 2 rings (SSSR count). The van der Waals surface area contributed by atoms with Gasteiger partial charge in [0.25, 0.3) is 0 Å². The third kappa shape index (κ3) is 3.54. The summed E-state index contributed by atoms with van der Waals surface area (Å²) < 4.78 is 22.5. The zero-order chi connectivity index (χ0) is 14.2. The molecule has 8 heteroatoms. The van der Waals surface area contributed by atoms with Crippen LogP contribution in [0.15, 0.2) is 18.2 Å². The predicted octanol–water partition coefficient (Wildman–Crippen LogP) is 2.66. The van der Waals surface area contributed by atoms with Crippen molar-refractivity contribution in [3.63, 3.8) is 0 Å². The van der Waals surface area contributed by atoms with Crippen molar-refractivity contribution in [3.8, 4) is 0 Å². The van der Waals surface area contributed by atoms with Gasteiger partial charge in [-0.15, -0.1) is 0 Å². The number of carbonyl (C=O) groups excluding carboxylic acids is 1. The van der Waals surface area contributed by atoms with Gasteiger partial charge >= 0.3 is 0 Å². The summed E-state index contributed by atoms with van der Waals surface area (Å²) in [6, 6.07) is 4.95. The molecule has 0 spiro atoms. The standard InChI is InChI=1S/C11H10Cl3NO3S/c12-8-2-1-7(10(13)3-8)5-15-6-9(4-11(15)16)19(14,17)18/h1-3,9H,4-6H2. The summed E-state index contributed by atoms with van der Waals surface area (Å²) in [6.45, 7) is 0.335. The zero-order valence-electron chi connectivity index (χ0n) is 9.64. The van der Waals surface area contributed by atoms with E-state index < -0.39 is 14.3 Å². The second-order valence-electron chi connectivity index (χ2n) is 4.31. The monoisotopic (exact) mass is 341 g/mol. The molecule has 1 fully saturated rings. The Bertz CT molecular complexity index is 618. The van der Waals surface area contributed by atoms with E-state index in [1.807, 2.05) is 0 Å². The molecule has 0 N–H and O–H groups in total. The first-order valence-electron chi connectivity index (χ1n) is 5.42. The van der Waals surface area contributed by atoms with Gasteiger partial charge in [0.15, 0.2) is 0 Å². The Kier molecular flexibility index (Phi) is 4.30. The van der Waals surface area contributed by atoms with Crippen LogP contribution in [-0.4, -0.2) is 31.0 Å². The second kappa shape index (κ2) is 5.48. The van der Waals surface area contributed by atoms with E-state index in [4.69, 9.17) is 33.9 Å². The molecule has 19 heavy (non-hydrogen) atoms. The third-order valence-electron chi connectivity index (χ3n) is 2.95. The van der Waals surface area contributed by atoms with Gasteiger partial charge in [-0.25, -0.2) is 8.42 Å². The Balaban J connectivity index is 2.14. The summed E-state index contributed by atoms with van der Waals surface area (Å²) in [7, 11) is 1.55. The van der Waals surface area contributed by atoms with Crippen LogP contribution in [-0.2, 0) is 20.4 Å². The van der Waals surface area contributed by atoms with Gasteiger partial charge in [0.05, 0.1) is 0 Å². The summed E-state index contributed by atoms with van der Waals surface area (Å²) in [6.07, 6.45) is -0.0863. The van der Waals surface area contributed by atoms with Crippen LogP contribution in [0.1, 0.15) is 12.0 Å². The van der Waals surface area contributed by atoms with Gasteiger partial charge in [-0.2, -0.15) is 0 Å². The first kappa shape index (κ1) is 14.9. The maximum absolute atomic E-state index is 11.7. The van der Waals surface area contributed by atoms with Crippen LogP contribution in [0.3, 0.4) is 0 Å². The molecule has 1 aliphatic heterocycles. The normalized spacial score (nSPS) is 20.1. The fourth-order valence-corrected chi connectivity index (χ4v) is 3.46. The van der Waals surface area contributed by atoms with Gasteiger partial charge < -0.3 is 4.90 Å². The van der Waals surface area contributed by atoms with E-state index in [1.165, 1.54) is 4.90 Å². The van der Waals surface area contributed by atoms with E-state index in [1.54, 1.807) is 18.2 Å². The van der Waals surface area contributed by atoms with E-state index in [0.29, 0.717) is 15.6 Å². The summed E-state index contributed by atoms with van der Waals surface area (Å²) in [5.74, 6) is -0.250. The summed E-state index contributed by atoms with van der Waals surface area (Å²) in [5.41, 5.74) is 0.715. The van der Waals surface area contributed by atoms with Crippen molar-refractivity contribution >= 4 is 48.8 Å². The minimum atomic E-state index is -3.72. The number of rotatable bonds is 3. The number of hydrogen-bond donors (Lipinski definition) is 0. The molecule has 1 heterocycles. The van der Waals surface area contributed by atoms with Crippen molar-refractivity contribution in [1.82, 2.24) is 4.90 Å². The molecule has 1 aliphatic rings. The highest BCUT2D eigenvalue weighted by molar-refractivity contribution is 8.14. The number of hydrogen-bond acceptors (Lipinski definition) is 3. The average Bonchev–Trinajstić information content (AvgIpc) is 2.64. The smallest absolute Gasteiger partial charge is 0.237 e. The molecular formula is C11H10Cl3NO3S. The molecule has 1 amide bonds. The van der Waals surface area contributed by atoms with Gasteiger partial charge in [-0.05, 0) is 17.7 Å². The Hall–Kier alpha value is -0.490. The largest absolute Gasteiger partial charge is 0.337 e. The van der Waals surface area contributed by atoms with Crippen LogP contribution >= 0.6 is 33.9 Å². The summed E-state index contributed by atoms with van der Waals surface area (Å²) in [4.78, 5) is 13.2. The van der Waals surface area contributed by atoms with Crippen LogP contribution in [0.4, 0.5) is 0 Å². The van der Waals surface area contributed by atoms with Crippen LogP contribution in [0.25, 0.3) is 0 Å². The first-order valence-corrected chi connectivity index (χ1v) is 8.55. The van der Waals surface area contributed by atoms with Gasteiger partial charge in [-0.3, -0.25) is 4.79 Å².